The molecule has 0 amide bonds. The molecule has 5 nitrogen and oxygen atoms in total. The Morgan fingerprint density at radius 1 is 0.732 bits per heavy atom. The highest BCUT2D eigenvalue weighted by atomic mass is 16.6. The van der Waals surface area contributed by atoms with Crippen molar-refractivity contribution in [1.82, 2.24) is 0 Å². The van der Waals surface area contributed by atoms with Crippen molar-refractivity contribution < 1.29 is 19.0 Å². The number of rotatable bonds is 6. The number of carbonyl (C=O) groups is 1. The molecule has 0 saturated heterocycles. The highest BCUT2D eigenvalue weighted by Crippen LogP contribution is 2.59. The van der Waals surface area contributed by atoms with E-state index in [4.69, 9.17) is 14.2 Å². The minimum atomic E-state index is -1.24. The van der Waals surface area contributed by atoms with Crippen LogP contribution in [0.5, 0.6) is 23.0 Å². The first-order valence-corrected chi connectivity index (χ1v) is 14.0. The number of hydrogen-bond donors (Lipinski definition) is 0. The standard InChI is InChI=1S/C36H29NO4/c1-3-37(4-2)25-14-12-13-24(23-25)27-21-22-32(39-26-15-6-5-7-16-26)34-33(27)35(38)41-36(34)28-17-8-10-19-30(28)40-31-20-11-9-18-29(31)36/h5-23H,3-4H2,1-2H3. The Morgan fingerprint density at radius 3 is 2.07 bits per heavy atom. The van der Waals surface area contributed by atoms with Gasteiger partial charge >= 0.3 is 5.97 Å². The van der Waals surface area contributed by atoms with Crippen LogP contribution in [0.25, 0.3) is 11.1 Å². The van der Waals surface area contributed by atoms with E-state index in [1.165, 1.54) is 0 Å². The van der Waals surface area contributed by atoms with Gasteiger partial charge in [-0.15, -0.1) is 0 Å². The summed E-state index contributed by atoms with van der Waals surface area (Å²) in [5.41, 5.74) is 4.32. The van der Waals surface area contributed by atoms with Gasteiger partial charge in [0.2, 0.25) is 0 Å². The highest BCUT2D eigenvalue weighted by Gasteiger charge is 2.56. The molecule has 0 saturated carbocycles. The smallest absolute Gasteiger partial charge is 0.340 e. The maximum atomic E-state index is 14.2. The summed E-state index contributed by atoms with van der Waals surface area (Å²) in [5.74, 6) is 2.13. The molecule has 0 unspecified atom stereocenters. The van der Waals surface area contributed by atoms with Crippen molar-refractivity contribution in [1.29, 1.82) is 0 Å². The summed E-state index contributed by atoms with van der Waals surface area (Å²) in [6, 6.07) is 37.4. The molecule has 0 aliphatic carbocycles. The average Bonchev–Trinajstić information content (AvgIpc) is 3.32. The van der Waals surface area contributed by atoms with Crippen LogP contribution >= 0.6 is 0 Å². The van der Waals surface area contributed by atoms with Crippen LogP contribution in [-0.2, 0) is 10.3 Å². The Hall–Kier alpha value is -5.03. The Morgan fingerprint density at radius 2 is 1.39 bits per heavy atom. The molecule has 7 rings (SSSR count). The Balaban J connectivity index is 1.53. The quantitative estimate of drug-likeness (QED) is 0.202. The fraction of sp³-hybridized carbons (Fsp3) is 0.139. The monoisotopic (exact) mass is 539 g/mol. The van der Waals surface area contributed by atoms with Gasteiger partial charge in [0.05, 0.1) is 11.1 Å². The largest absolute Gasteiger partial charge is 0.457 e. The minimum absolute atomic E-state index is 0.395. The first kappa shape index (κ1) is 25.0. The molecule has 1 spiro atoms. The molecular weight excluding hydrogens is 510 g/mol. The van der Waals surface area contributed by atoms with Crippen molar-refractivity contribution in [2.45, 2.75) is 19.4 Å². The molecule has 2 aliphatic rings. The molecule has 5 aromatic carbocycles. The first-order valence-electron chi connectivity index (χ1n) is 14.0. The van der Waals surface area contributed by atoms with E-state index in [2.05, 4.69) is 30.9 Å². The van der Waals surface area contributed by atoms with Gasteiger partial charge in [0.25, 0.3) is 0 Å². The van der Waals surface area contributed by atoms with E-state index in [9.17, 15) is 4.79 Å². The summed E-state index contributed by atoms with van der Waals surface area (Å²) in [7, 11) is 0. The molecule has 2 heterocycles. The number of fused-ring (bicyclic) bond motifs is 6. The van der Waals surface area contributed by atoms with E-state index < -0.39 is 11.6 Å². The van der Waals surface area contributed by atoms with Crippen molar-refractivity contribution in [3.63, 3.8) is 0 Å². The number of anilines is 1. The van der Waals surface area contributed by atoms with E-state index in [-0.39, 0.29) is 0 Å². The average molecular weight is 540 g/mol. The second kappa shape index (κ2) is 9.86. The first-order chi connectivity index (χ1) is 20.1. The molecule has 0 radical (unpaired) electrons. The zero-order valence-corrected chi connectivity index (χ0v) is 23.0. The number of para-hydroxylation sites is 3. The van der Waals surface area contributed by atoms with Crippen molar-refractivity contribution in [2.24, 2.45) is 0 Å². The maximum absolute atomic E-state index is 14.2. The molecular formula is C36H29NO4. The molecule has 0 atom stereocenters. The van der Waals surface area contributed by atoms with Gasteiger partial charge in [-0.25, -0.2) is 4.79 Å². The van der Waals surface area contributed by atoms with Crippen molar-refractivity contribution >= 4 is 11.7 Å². The van der Waals surface area contributed by atoms with Crippen molar-refractivity contribution in [3.8, 4) is 34.1 Å². The normalized spacial score (nSPS) is 14.0. The number of esters is 1. The van der Waals surface area contributed by atoms with Crippen LogP contribution in [-0.4, -0.2) is 19.1 Å². The molecule has 5 heteroatoms. The number of carbonyl (C=O) groups excluding carboxylic acids is 1. The summed E-state index contributed by atoms with van der Waals surface area (Å²) in [4.78, 5) is 16.5. The topological polar surface area (TPSA) is 48.0 Å². The van der Waals surface area contributed by atoms with E-state index in [1.54, 1.807) is 0 Å². The van der Waals surface area contributed by atoms with Gasteiger partial charge in [-0.2, -0.15) is 0 Å². The van der Waals surface area contributed by atoms with Crippen LogP contribution < -0.4 is 14.4 Å². The van der Waals surface area contributed by atoms with Gasteiger partial charge in [-0.1, -0.05) is 66.7 Å². The molecule has 41 heavy (non-hydrogen) atoms. The third-order valence-electron chi connectivity index (χ3n) is 7.98. The fourth-order valence-corrected chi connectivity index (χ4v) is 6.12. The maximum Gasteiger partial charge on any atom is 0.340 e. The number of ether oxygens (including phenoxy) is 3. The minimum Gasteiger partial charge on any atom is -0.457 e. The van der Waals surface area contributed by atoms with Crippen LogP contribution in [0.4, 0.5) is 5.69 Å². The van der Waals surface area contributed by atoms with Gasteiger partial charge in [0.1, 0.15) is 23.0 Å². The van der Waals surface area contributed by atoms with Crippen molar-refractivity contribution in [3.05, 3.63) is 138 Å². The second-order valence-corrected chi connectivity index (χ2v) is 10.2. The lowest BCUT2D eigenvalue weighted by atomic mass is 9.76. The number of hydrogen-bond acceptors (Lipinski definition) is 5. The van der Waals surface area contributed by atoms with E-state index >= 15 is 0 Å². The van der Waals surface area contributed by atoms with Crippen LogP contribution in [0, 0.1) is 0 Å². The zero-order valence-electron chi connectivity index (χ0n) is 23.0. The Kier molecular flexibility index (Phi) is 6.01. The lowest BCUT2D eigenvalue weighted by molar-refractivity contribution is 0.0221. The summed E-state index contributed by atoms with van der Waals surface area (Å²) in [6.07, 6.45) is 0. The molecule has 0 aromatic heterocycles. The number of nitrogens with zero attached hydrogens (tertiary/aromatic N) is 1. The summed E-state index contributed by atoms with van der Waals surface area (Å²) >= 11 is 0. The zero-order chi connectivity index (χ0) is 28.0. The lowest BCUT2D eigenvalue weighted by Crippen LogP contribution is -2.33. The van der Waals surface area contributed by atoms with Gasteiger partial charge in [0, 0.05) is 29.9 Å². The Bertz CT molecular complexity index is 1730. The molecule has 5 aromatic rings. The van der Waals surface area contributed by atoms with E-state index in [0.717, 1.165) is 41.0 Å². The van der Waals surface area contributed by atoms with Gasteiger partial charge in [-0.05, 0) is 73.5 Å². The van der Waals surface area contributed by atoms with Gasteiger partial charge in [-0.3, -0.25) is 0 Å². The molecule has 2 aliphatic heterocycles. The predicted octanol–water partition coefficient (Wildman–Crippen LogP) is 8.56. The summed E-state index contributed by atoms with van der Waals surface area (Å²) < 4.78 is 19.4. The Labute approximate surface area is 239 Å². The molecule has 202 valence electrons. The third kappa shape index (κ3) is 3.88. The number of benzene rings is 5. The van der Waals surface area contributed by atoms with Crippen LogP contribution in [0.15, 0.2) is 115 Å². The highest BCUT2D eigenvalue weighted by molar-refractivity contribution is 6.04. The second-order valence-electron chi connectivity index (χ2n) is 10.2. The molecule has 0 bridgehead atoms. The SMILES string of the molecule is CCN(CC)c1cccc(-c2ccc(Oc3ccccc3)c3c2C(=O)OC32c3ccccc3Oc3ccccc32)c1. The van der Waals surface area contributed by atoms with Gasteiger partial charge in [0.15, 0.2) is 5.60 Å². The predicted molar refractivity (Wildman–Crippen MR) is 160 cm³/mol. The third-order valence-corrected chi connectivity index (χ3v) is 7.98. The van der Waals surface area contributed by atoms with Crippen LogP contribution in [0.2, 0.25) is 0 Å². The summed E-state index contributed by atoms with van der Waals surface area (Å²) in [5, 5.41) is 0. The van der Waals surface area contributed by atoms with Crippen LogP contribution in [0.1, 0.15) is 40.9 Å². The van der Waals surface area contributed by atoms with Crippen LogP contribution in [0.3, 0.4) is 0 Å². The molecule has 0 N–H and O–H groups in total. The fourth-order valence-electron chi connectivity index (χ4n) is 6.12. The summed E-state index contributed by atoms with van der Waals surface area (Å²) in [6.45, 7) is 6.07. The lowest BCUT2D eigenvalue weighted by Gasteiger charge is -2.37. The van der Waals surface area contributed by atoms with E-state index in [1.807, 2.05) is 103 Å². The van der Waals surface area contributed by atoms with Crippen molar-refractivity contribution in [2.75, 3.05) is 18.0 Å². The van der Waals surface area contributed by atoms with E-state index in [0.29, 0.717) is 34.1 Å². The molecule has 0 fully saturated rings. The van der Waals surface area contributed by atoms with Gasteiger partial charge < -0.3 is 19.1 Å².